The molecule has 38 heavy (non-hydrogen) atoms. The normalized spacial score (nSPS) is 14.6. The van der Waals surface area contributed by atoms with Crippen LogP contribution in [0.4, 0.5) is 5.69 Å². The van der Waals surface area contributed by atoms with E-state index in [0.29, 0.717) is 17.9 Å². The lowest BCUT2D eigenvalue weighted by Gasteiger charge is -2.30. The van der Waals surface area contributed by atoms with E-state index in [1.54, 1.807) is 31.1 Å². The van der Waals surface area contributed by atoms with Gasteiger partial charge in [0.2, 0.25) is 21.8 Å². The molecule has 0 unspecified atom stereocenters. The zero-order valence-electron chi connectivity index (χ0n) is 23.0. The quantitative estimate of drug-likeness (QED) is 0.407. The van der Waals surface area contributed by atoms with Gasteiger partial charge in [-0.25, -0.2) is 8.42 Å². The second kappa shape index (κ2) is 13.6. The van der Waals surface area contributed by atoms with Crippen LogP contribution in [-0.2, 0) is 32.6 Å². The minimum Gasteiger partial charge on any atom is -0.497 e. The molecule has 2 aromatic carbocycles. The first-order chi connectivity index (χ1) is 18.1. The van der Waals surface area contributed by atoms with Crippen molar-refractivity contribution >= 4 is 27.5 Å². The first-order valence-corrected chi connectivity index (χ1v) is 15.3. The summed E-state index contributed by atoms with van der Waals surface area (Å²) < 4.78 is 31.7. The number of hydrogen-bond donors (Lipinski definition) is 1. The molecule has 1 aliphatic carbocycles. The van der Waals surface area contributed by atoms with E-state index in [0.717, 1.165) is 43.2 Å². The Morgan fingerprint density at radius 3 is 2.37 bits per heavy atom. The third-order valence-electron chi connectivity index (χ3n) is 7.14. The highest BCUT2D eigenvalue weighted by molar-refractivity contribution is 7.92. The number of rotatable bonds is 13. The smallest absolute Gasteiger partial charge is 0.242 e. The number of ether oxygens (including phenoxy) is 1. The second-order valence-corrected chi connectivity index (χ2v) is 11.9. The highest BCUT2D eigenvalue weighted by Gasteiger charge is 2.29. The zero-order chi connectivity index (χ0) is 27.7. The number of carbonyl (C=O) groups excluding carboxylic acids is 2. The first-order valence-electron chi connectivity index (χ1n) is 13.4. The molecular weight excluding hydrogens is 502 g/mol. The van der Waals surface area contributed by atoms with Gasteiger partial charge in [-0.1, -0.05) is 44.0 Å². The van der Waals surface area contributed by atoms with E-state index < -0.39 is 16.1 Å². The minimum absolute atomic E-state index is 0.115. The van der Waals surface area contributed by atoms with Crippen LogP contribution in [0.5, 0.6) is 5.75 Å². The van der Waals surface area contributed by atoms with Crippen molar-refractivity contribution in [1.82, 2.24) is 10.2 Å². The van der Waals surface area contributed by atoms with Crippen molar-refractivity contribution in [2.45, 2.75) is 77.4 Å². The van der Waals surface area contributed by atoms with Gasteiger partial charge in [-0.15, -0.1) is 0 Å². The van der Waals surface area contributed by atoms with Crippen LogP contribution in [0.25, 0.3) is 0 Å². The van der Waals surface area contributed by atoms with E-state index in [1.165, 1.54) is 10.6 Å². The topological polar surface area (TPSA) is 96.0 Å². The zero-order valence-corrected chi connectivity index (χ0v) is 23.8. The number of nitrogens with zero attached hydrogens (tertiary/aromatic N) is 2. The van der Waals surface area contributed by atoms with Gasteiger partial charge in [0.05, 0.1) is 19.1 Å². The highest BCUT2D eigenvalue weighted by Crippen LogP contribution is 2.22. The fourth-order valence-electron chi connectivity index (χ4n) is 4.84. The maximum Gasteiger partial charge on any atom is 0.242 e. The second-order valence-electron chi connectivity index (χ2n) is 10.00. The predicted octanol–water partition coefficient (Wildman–Crippen LogP) is 4.28. The average molecular weight is 544 g/mol. The van der Waals surface area contributed by atoms with Crippen LogP contribution in [0.3, 0.4) is 0 Å². The molecule has 2 aromatic rings. The third-order valence-corrected chi connectivity index (χ3v) is 8.33. The molecule has 1 aliphatic rings. The van der Waals surface area contributed by atoms with Gasteiger partial charge in [-0.3, -0.25) is 13.9 Å². The number of aryl methyl sites for hydroxylation is 1. The largest absolute Gasteiger partial charge is 0.497 e. The number of hydrogen-bond acceptors (Lipinski definition) is 5. The summed E-state index contributed by atoms with van der Waals surface area (Å²) in [5.74, 6) is 0.314. The molecule has 0 radical (unpaired) electrons. The fraction of sp³-hybridized carbons (Fsp3) is 0.517. The summed E-state index contributed by atoms with van der Waals surface area (Å²) in [7, 11) is -1.94. The van der Waals surface area contributed by atoms with Crippen LogP contribution in [0.15, 0.2) is 48.5 Å². The lowest BCUT2D eigenvalue weighted by molar-refractivity contribution is -0.141. The summed E-state index contributed by atoms with van der Waals surface area (Å²) in [6.07, 6.45) is 6.60. The SMILES string of the molecule is CCc1ccc(N(CCCC(=O)N(Cc2cccc(OC)c2)[C@H](C)C(=O)NC2CCCC2)S(C)(=O)=O)cc1. The van der Waals surface area contributed by atoms with Crippen molar-refractivity contribution in [2.75, 3.05) is 24.2 Å². The summed E-state index contributed by atoms with van der Waals surface area (Å²) in [6, 6.07) is 14.4. The van der Waals surface area contributed by atoms with E-state index in [4.69, 9.17) is 4.74 Å². The van der Waals surface area contributed by atoms with Crippen LogP contribution >= 0.6 is 0 Å². The molecule has 1 atom stereocenters. The summed E-state index contributed by atoms with van der Waals surface area (Å²) in [4.78, 5) is 28.2. The van der Waals surface area contributed by atoms with E-state index in [1.807, 2.05) is 43.3 Å². The van der Waals surface area contributed by atoms with Crippen molar-refractivity contribution in [3.8, 4) is 5.75 Å². The van der Waals surface area contributed by atoms with Gasteiger partial charge in [0.1, 0.15) is 11.8 Å². The van der Waals surface area contributed by atoms with E-state index in [9.17, 15) is 18.0 Å². The van der Waals surface area contributed by atoms with Crippen LogP contribution < -0.4 is 14.4 Å². The van der Waals surface area contributed by atoms with Crippen molar-refractivity contribution in [3.05, 3.63) is 59.7 Å². The molecule has 0 saturated heterocycles. The van der Waals surface area contributed by atoms with Crippen LogP contribution in [0.1, 0.15) is 63.5 Å². The third kappa shape index (κ3) is 8.21. The van der Waals surface area contributed by atoms with Gasteiger partial charge < -0.3 is 15.0 Å². The average Bonchev–Trinajstić information content (AvgIpc) is 3.41. The molecule has 0 spiro atoms. The highest BCUT2D eigenvalue weighted by atomic mass is 32.2. The fourth-order valence-corrected chi connectivity index (χ4v) is 5.81. The van der Waals surface area contributed by atoms with Crippen LogP contribution in [0, 0.1) is 0 Å². The Kier molecular flexibility index (Phi) is 10.6. The molecule has 1 saturated carbocycles. The number of nitrogens with one attached hydrogen (secondary N) is 1. The van der Waals surface area contributed by atoms with Gasteiger partial charge in [-0.2, -0.15) is 0 Å². The molecule has 2 amide bonds. The number of methoxy groups -OCH3 is 1. The van der Waals surface area contributed by atoms with E-state index in [2.05, 4.69) is 5.32 Å². The Morgan fingerprint density at radius 2 is 1.76 bits per heavy atom. The summed E-state index contributed by atoms with van der Waals surface area (Å²) in [5, 5.41) is 3.10. The van der Waals surface area contributed by atoms with Crippen molar-refractivity contribution in [3.63, 3.8) is 0 Å². The van der Waals surface area contributed by atoms with Crippen molar-refractivity contribution < 1.29 is 22.7 Å². The summed E-state index contributed by atoms with van der Waals surface area (Å²) in [6.45, 7) is 4.22. The van der Waals surface area contributed by atoms with Gasteiger partial charge >= 0.3 is 0 Å². The van der Waals surface area contributed by atoms with Gasteiger partial charge in [0.25, 0.3) is 0 Å². The van der Waals surface area contributed by atoms with E-state index in [-0.39, 0.29) is 37.4 Å². The van der Waals surface area contributed by atoms with E-state index >= 15 is 0 Å². The molecule has 208 valence electrons. The molecule has 0 aromatic heterocycles. The summed E-state index contributed by atoms with van der Waals surface area (Å²) in [5.41, 5.74) is 2.55. The van der Waals surface area contributed by atoms with Gasteiger partial charge in [-0.05, 0) is 68.0 Å². The Bertz CT molecular complexity index is 1180. The minimum atomic E-state index is -3.52. The molecule has 1 N–H and O–H groups in total. The first kappa shape index (κ1) is 29.5. The molecular formula is C29H41N3O5S. The summed E-state index contributed by atoms with van der Waals surface area (Å²) >= 11 is 0. The number of anilines is 1. The molecule has 0 aliphatic heterocycles. The van der Waals surface area contributed by atoms with Crippen LogP contribution in [-0.4, -0.2) is 57.1 Å². The van der Waals surface area contributed by atoms with Crippen LogP contribution in [0.2, 0.25) is 0 Å². The Hall–Kier alpha value is -3.07. The molecule has 1 fully saturated rings. The molecule has 3 rings (SSSR count). The van der Waals surface area contributed by atoms with Gasteiger partial charge in [0.15, 0.2) is 0 Å². The Labute approximate surface area is 227 Å². The molecule has 8 nitrogen and oxygen atoms in total. The number of sulfonamides is 1. The number of amides is 2. The van der Waals surface area contributed by atoms with Crippen molar-refractivity contribution in [1.29, 1.82) is 0 Å². The maximum absolute atomic E-state index is 13.5. The predicted molar refractivity (Wildman–Crippen MR) is 151 cm³/mol. The number of carbonyl (C=O) groups is 2. The Morgan fingerprint density at radius 1 is 1.08 bits per heavy atom. The standard InChI is InChI=1S/C29H41N3O5S/c1-5-23-15-17-26(18-16-23)32(38(4,35)36)19-9-14-28(33)31(21-24-10-8-13-27(20-24)37-3)22(2)29(34)30-25-11-6-7-12-25/h8,10,13,15-18,20,22,25H,5-7,9,11-12,14,19,21H2,1-4H3,(H,30,34)/t22-/m1/s1. The van der Waals surface area contributed by atoms with Crippen molar-refractivity contribution in [2.24, 2.45) is 0 Å². The maximum atomic E-state index is 13.5. The lowest BCUT2D eigenvalue weighted by atomic mass is 10.1. The molecule has 0 bridgehead atoms. The monoisotopic (exact) mass is 543 g/mol. The number of benzene rings is 2. The Balaban J connectivity index is 1.72. The molecule has 0 heterocycles. The lowest BCUT2D eigenvalue weighted by Crippen LogP contribution is -2.49. The molecule has 9 heteroatoms. The van der Waals surface area contributed by atoms with Gasteiger partial charge in [0, 0.05) is 25.6 Å².